The number of nitrogens with one attached hydrogen (secondary N) is 3. The first kappa shape index (κ1) is 18.2. The second-order valence-electron chi connectivity index (χ2n) is 6.00. The molecule has 22 heavy (non-hydrogen) atoms. The summed E-state index contributed by atoms with van der Waals surface area (Å²) in [7, 11) is 0. The van der Waals surface area contributed by atoms with E-state index in [4.69, 9.17) is 0 Å². The molecule has 0 bridgehead atoms. The van der Waals surface area contributed by atoms with Gasteiger partial charge in [-0.3, -0.25) is 25.2 Å². The van der Waals surface area contributed by atoms with Crippen molar-refractivity contribution in [3.8, 4) is 0 Å². The smallest absolute Gasteiger partial charge is 0.270 e. The number of carbonyl (C=O) groups is 3. The molecule has 120 valence electrons. The molecule has 0 saturated heterocycles. The molecule has 3 N–H and O–H groups in total. The number of rotatable bonds is 4. The van der Waals surface area contributed by atoms with Gasteiger partial charge in [0.1, 0.15) is 0 Å². The summed E-state index contributed by atoms with van der Waals surface area (Å²) in [6, 6.07) is 6.85. The number of hydrogen-bond acceptors (Lipinski definition) is 3. The van der Waals surface area contributed by atoms with Gasteiger partial charge >= 0.3 is 0 Å². The van der Waals surface area contributed by atoms with Crippen LogP contribution in [-0.4, -0.2) is 24.3 Å². The van der Waals surface area contributed by atoms with Crippen molar-refractivity contribution in [1.29, 1.82) is 0 Å². The summed E-state index contributed by atoms with van der Waals surface area (Å²) in [5, 5.41) is 2.50. The molecular weight excluding hydrogens is 350 g/mol. The van der Waals surface area contributed by atoms with Gasteiger partial charge < -0.3 is 5.32 Å². The Balaban J connectivity index is 2.36. The van der Waals surface area contributed by atoms with E-state index in [-0.39, 0.29) is 17.9 Å². The molecule has 0 aromatic heterocycles. The first-order valence-electron chi connectivity index (χ1n) is 6.79. The van der Waals surface area contributed by atoms with Gasteiger partial charge in [0.2, 0.25) is 5.91 Å². The van der Waals surface area contributed by atoms with Crippen molar-refractivity contribution >= 4 is 33.7 Å². The molecule has 0 aliphatic rings. The highest BCUT2D eigenvalue weighted by molar-refractivity contribution is 9.10. The maximum Gasteiger partial charge on any atom is 0.270 e. The normalized spacial score (nSPS) is 10.7. The Hall–Kier alpha value is -1.89. The largest absolute Gasteiger partial charge is 0.347 e. The molecule has 0 fully saturated rings. The molecule has 0 aliphatic heterocycles. The fourth-order valence-corrected chi connectivity index (χ4v) is 2.07. The third kappa shape index (κ3) is 6.71. The van der Waals surface area contributed by atoms with Crippen molar-refractivity contribution in [2.75, 3.05) is 6.54 Å². The highest BCUT2D eigenvalue weighted by atomic mass is 79.9. The van der Waals surface area contributed by atoms with E-state index in [2.05, 4.69) is 32.1 Å². The Morgan fingerprint density at radius 1 is 1.05 bits per heavy atom. The van der Waals surface area contributed by atoms with Crippen molar-refractivity contribution in [3.63, 3.8) is 0 Å². The number of hydrogen-bond donors (Lipinski definition) is 3. The van der Waals surface area contributed by atoms with Crippen LogP contribution >= 0.6 is 15.9 Å². The number of benzene rings is 1. The predicted octanol–water partition coefficient (Wildman–Crippen LogP) is 1.76. The average Bonchev–Trinajstić information content (AvgIpc) is 2.41. The molecule has 7 heteroatoms. The van der Waals surface area contributed by atoms with Crippen LogP contribution in [0.25, 0.3) is 0 Å². The first-order chi connectivity index (χ1) is 10.2. The third-order valence-electron chi connectivity index (χ3n) is 2.57. The zero-order valence-electron chi connectivity index (χ0n) is 12.8. The van der Waals surface area contributed by atoms with E-state index in [0.29, 0.717) is 16.5 Å². The summed E-state index contributed by atoms with van der Waals surface area (Å²) in [6.07, 6.45) is 0.323. The van der Waals surface area contributed by atoms with Gasteiger partial charge in [-0.2, -0.15) is 0 Å². The summed E-state index contributed by atoms with van der Waals surface area (Å²) in [5.74, 6) is -1.15. The van der Waals surface area contributed by atoms with Crippen molar-refractivity contribution in [1.82, 2.24) is 16.2 Å². The number of halogens is 1. The van der Waals surface area contributed by atoms with Crippen LogP contribution in [0.5, 0.6) is 0 Å². The van der Waals surface area contributed by atoms with E-state index in [1.54, 1.807) is 24.3 Å². The third-order valence-corrected chi connectivity index (χ3v) is 3.26. The molecule has 0 aliphatic carbocycles. The number of amides is 3. The van der Waals surface area contributed by atoms with E-state index in [0.717, 1.165) is 0 Å². The SMILES string of the molecule is CC(C)(C)CC(=O)NCC(=O)NNC(=O)c1ccccc1Br. The van der Waals surface area contributed by atoms with Crippen molar-refractivity contribution in [2.24, 2.45) is 5.41 Å². The average molecular weight is 370 g/mol. The first-order valence-corrected chi connectivity index (χ1v) is 7.59. The summed E-state index contributed by atoms with van der Waals surface area (Å²) >= 11 is 3.25. The van der Waals surface area contributed by atoms with E-state index < -0.39 is 11.8 Å². The lowest BCUT2D eigenvalue weighted by Crippen LogP contribution is -2.46. The molecule has 1 aromatic carbocycles. The lowest BCUT2D eigenvalue weighted by molar-refractivity contribution is -0.127. The Labute approximate surface area is 138 Å². The quantitative estimate of drug-likeness (QED) is 0.706. The van der Waals surface area contributed by atoms with Crippen LogP contribution in [-0.2, 0) is 9.59 Å². The lowest BCUT2D eigenvalue weighted by atomic mass is 9.92. The van der Waals surface area contributed by atoms with Crippen molar-refractivity contribution < 1.29 is 14.4 Å². The zero-order valence-corrected chi connectivity index (χ0v) is 14.4. The maximum atomic E-state index is 11.9. The van der Waals surface area contributed by atoms with Crippen LogP contribution in [0.1, 0.15) is 37.6 Å². The number of carbonyl (C=O) groups excluding carboxylic acids is 3. The van der Waals surface area contributed by atoms with Crippen LogP contribution in [0.2, 0.25) is 0 Å². The van der Waals surface area contributed by atoms with Crippen LogP contribution in [0, 0.1) is 5.41 Å². The molecule has 1 aromatic rings. The van der Waals surface area contributed by atoms with Crippen LogP contribution < -0.4 is 16.2 Å². The highest BCUT2D eigenvalue weighted by Crippen LogP contribution is 2.17. The monoisotopic (exact) mass is 369 g/mol. The van der Waals surface area contributed by atoms with Gasteiger partial charge in [-0.25, -0.2) is 0 Å². The fourth-order valence-electron chi connectivity index (χ4n) is 1.61. The molecule has 0 saturated carbocycles. The Kier molecular flexibility index (Phi) is 6.55. The van der Waals surface area contributed by atoms with Gasteiger partial charge in [-0.1, -0.05) is 32.9 Å². The molecular formula is C15H20BrN3O3. The summed E-state index contributed by atoms with van der Waals surface area (Å²) < 4.78 is 0.625. The molecule has 3 amide bonds. The second kappa shape index (κ2) is 7.93. The van der Waals surface area contributed by atoms with Gasteiger partial charge in [0.05, 0.1) is 12.1 Å². The maximum absolute atomic E-state index is 11.9. The molecule has 1 rings (SSSR count). The highest BCUT2D eigenvalue weighted by Gasteiger charge is 2.16. The van der Waals surface area contributed by atoms with Gasteiger partial charge in [-0.05, 0) is 33.5 Å². The lowest BCUT2D eigenvalue weighted by Gasteiger charge is -2.17. The number of hydrazine groups is 1. The summed E-state index contributed by atoms with van der Waals surface area (Å²) in [4.78, 5) is 35.0. The van der Waals surface area contributed by atoms with E-state index >= 15 is 0 Å². The Bertz CT molecular complexity index is 567. The minimum Gasteiger partial charge on any atom is -0.347 e. The van der Waals surface area contributed by atoms with E-state index in [9.17, 15) is 14.4 Å². The minimum absolute atomic E-state index is 0.144. The van der Waals surface area contributed by atoms with Crippen LogP contribution in [0.3, 0.4) is 0 Å². The molecule has 0 unspecified atom stereocenters. The molecule has 0 heterocycles. The zero-order chi connectivity index (χ0) is 16.8. The van der Waals surface area contributed by atoms with Gasteiger partial charge in [0.25, 0.3) is 11.8 Å². The van der Waals surface area contributed by atoms with Crippen LogP contribution in [0.4, 0.5) is 0 Å². The van der Waals surface area contributed by atoms with Crippen molar-refractivity contribution in [2.45, 2.75) is 27.2 Å². The Morgan fingerprint density at radius 3 is 2.27 bits per heavy atom. The standard InChI is InChI=1S/C15H20BrN3O3/c1-15(2,3)8-12(20)17-9-13(21)18-19-14(22)10-6-4-5-7-11(10)16/h4-7H,8-9H2,1-3H3,(H,17,20)(H,18,21)(H,19,22). The predicted molar refractivity (Wildman–Crippen MR) is 86.8 cm³/mol. The topological polar surface area (TPSA) is 87.3 Å². The van der Waals surface area contributed by atoms with Crippen LogP contribution in [0.15, 0.2) is 28.7 Å². The second-order valence-corrected chi connectivity index (χ2v) is 6.85. The molecule has 0 spiro atoms. The van der Waals surface area contributed by atoms with Gasteiger partial charge in [-0.15, -0.1) is 0 Å². The van der Waals surface area contributed by atoms with Gasteiger partial charge in [0.15, 0.2) is 0 Å². The summed E-state index contributed by atoms with van der Waals surface area (Å²) in [5.41, 5.74) is 4.80. The molecule has 6 nitrogen and oxygen atoms in total. The Morgan fingerprint density at radius 2 is 1.68 bits per heavy atom. The molecule has 0 atom stereocenters. The molecule has 0 radical (unpaired) electrons. The minimum atomic E-state index is -0.498. The van der Waals surface area contributed by atoms with Gasteiger partial charge in [0, 0.05) is 10.9 Å². The summed E-state index contributed by atoms with van der Waals surface area (Å²) in [6.45, 7) is 5.62. The van der Waals surface area contributed by atoms with E-state index in [1.807, 2.05) is 20.8 Å². The fraction of sp³-hybridized carbons (Fsp3) is 0.400. The van der Waals surface area contributed by atoms with E-state index in [1.165, 1.54) is 0 Å². The van der Waals surface area contributed by atoms with Crippen molar-refractivity contribution in [3.05, 3.63) is 34.3 Å².